The number of carbonyl (C=O) groups is 1. The van der Waals surface area contributed by atoms with Crippen LogP contribution in [0.4, 0.5) is 0 Å². The maximum absolute atomic E-state index is 10.6. The molecule has 0 aliphatic heterocycles. The van der Waals surface area contributed by atoms with Crippen molar-refractivity contribution in [2.75, 3.05) is 0 Å². The van der Waals surface area contributed by atoms with E-state index in [0.717, 1.165) is 0 Å². The lowest BCUT2D eigenvalue weighted by atomic mass is 9.98. The number of aliphatic carboxylic acids is 1. The van der Waals surface area contributed by atoms with Gasteiger partial charge in [0.05, 0.1) is 0 Å². The summed E-state index contributed by atoms with van der Waals surface area (Å²) in [7, 11) is 0. The van der Waals surface area contributed by atoms with Crippen LogP contribution in [-0.2, 0) is 22.4 Å². The highest BCUT2D eigenvalue weighted by Crippen LogP contribution is 2.18. The van der Waals surface area contributed by atoms with E-state index in [4.69, 9.17) is 10.8 Å². The summed E-state index contributed by atoms with van der Waals surface area (Å²) < 4.78 is 0. The van der Waals surface area contributed by atoms with E-state index in [-0.39, 0.29) is 18.6 Å². The number of rotatable bonds is 5. The van der Waals surface area contributed by atoms with Crippen LogP contribution >= 0.6 is 0 Å². The Bertz CT molecular complexity index is 403. The Kier molecular flexibility index (Phi) is 4.02. The average Bonchev–Trinajstić information content (AvgIpc) is 2.22. The SMILES string of the molecule is N[C@@H](Cc1ccc(O)cc1C[C]=O)C(=O)O. The van der Waals surface area contributed by atoms with E-state index in [1.54, 1.807) is 12.4 Å². The molecule has 1 aromatic carbocycles. The predicted molar refractivity (Wildman–Crippen MR) is 56.8 cm³/mol. The molecular weight excluding hydrogens is 210 g/mol. The van der Waals surface area contributed by atoms with Crippen molar-refractivity contribution in [1.29, 1.82) is 0 Å². The molecule has 16 heavy (non-hydrogen) atoms. The van der Waals surface area contributed by atoms with Crippen LogP contribution in [0.25, 0.3) is 0 Å². The molecule has 0 unspecified atom stereocenters. The van der Waals surface area contributed by atoms with Gasteiger partial charge in [-0.2, -0.15) is 0 Å². The molecule has 85 valence electrons. The molecule has 1 radical (unpaired) electrons. The number of carboxylic acid groups (broad SMARTS) is 1. The minimum atomic E-state index is -1.10. The van der Waals surface area contributed by atoms with Crippen molar-refractivity contribution in [2.24, 2.45) is 5.73 Å². The van der Waals surface area contributed by atoms with Gasteiger partial charge >= 0.3 is 5.97 Å². The molecular formula is C11H12NO4. The molecule has 0 amide bonds. The molecule has 0 bridgehead atoms. The third-order valence-corrected chi connectivity index (χ3v) is 2.21. The van der Waals surface area contributed by atoms with Gasteiger partial charge in [-0.25, -0.2) is 0 Å². The van der Waals surface area contributed by atoms with E-state index in [0.29, 0.717) is 11.1 Å². The smallest absolute Gasteiger partial charge is 0.320 e. The normalized spacial score (nSPS) is 12.1. The number of carbonyl (C=O) groups excluding carboxylic acids is 1. The van der Waals surface area contributed by atoms with Gasteiger partial charge in [0, 0.05) is 6.42 Å². The van der Waals surface area contributed by atoms with E-state index in [1.807, 2.05) is 0 Å². The number of aromatic hydroxyl groups is 1. The third-order valence-electron chi connectivity index (χ3n) is 2.21. The largest absolute Gasteiger partial charge is 0.508 e. The summed E-state index contributed by atoms with van der Waals surface area (Å²) in [4.78, 5) is 20.9. The molecule has 5 heteroatoms. The zero-order valence-electron chi connectivity index (χ0n) is 8.51. The Morgan fingerprint density at radius 3 is 2.69 bits per heavy atom. The fraction of sp³-hybridized carbons (Fsp3) is 0.273. The summed E-state index contributed by atoms with van der Waals surface area (Å²) in [5.41, 5.74) is 6.57. The Morgan fingerprint density at radius 2 is 2.12 bits per heavy atom. The Labute approximate surface area is 92.5 Å². The van der Waals surface area contributed by atoms with E-state index in [1.165, 1.54) is 12.1 Å². The van der Waals surface area contributed by atoms with Crippen molar-refractivity contribution in [1.82, 2.24) is 0 Å². The van der Waals surface area contributed by atoms with E-state index < -0.39 is 12.0 Å². The molecule has 1 rings (SSSR count). The first-order valence-corrected chi connectivity index (χ1v) is 4.68. The summed E-state index contributed by atoms with van der Waals surface area (Å²) in [5.74, 6) is -1.08. The number of hydrogen-bond acceptors (Lipinski definition) is 4. The number of phenols is 1. The standard InChI is InChI=1S/C11H12NO4/c12-10(11(15)16)6-7-1-2-9(14)5-8(7)3-4-13/h1-2,5,10,14H,3,6,12H2,(H,15,16)/t10-/m0/s1. The van der Waals surface area contributed by atoms with Crippen molar-refractivity contribution in [2.45, 2.75) is 18.9 Å². The van der Waals surface area contributed by atoms with Gasteiger partial charge in [-0.1, -0.05) is 6.07 Å². The fourth-order valence-electron chi connectivity index (χ4n) is 1.38. The molecule has 0 saturated heterocycles. The van der Waals surface area contributed by atoms with Crippen LogP contribution in [-0.4, -0.2) is 28.5 Å². The van der Waals surface area contributed by atoms with Gasteiger partial charge in [0.1, 0.15) is 11.8 Å². The van der Waals surface area contributed by atoms with Gasteiger partial charge in [0.2, 0.25) is 6.29 Å². The van der Waals surface area contributed by atoms with E-state index in [2.05, 4.69) is 0 Å². The summed E-state index contributed by atoms with van der Waals surface area (Å²) in [5, 5.41) is 17.9. The van der Waals surface area contributed by atoms with Crippen LogP contribution in [0, 0.1) is 0 Å². The maximum Gasteiger partial charge on any atom is 0.320 e. The Morgan fingerprint density at radius 1 is 1.44 bits per heavy atom. The lowest BCUT2D eigenvalue weighted by Crippen LogP contribution is -2.32. The van der Waals surface area contributed by atoms with Gasteiger partial charge in [-0.3, -0.25) is 9.59 Å². The molecule has 0 fully saturated rings. The first-order valence-electron chi connectivity index (χ1n) is 4.68. The highest BCUT2D eigenvalue weighted by atomic mass is 16.4. The predicted octanol–water partition coefficient (Wildman–Crippen LogP) is -0.00120. The van der Waals surface area contributed by atoms with Crippen LogP contribution in [0.15, 0.2) is 18.2 Å². The first-order chi connectivity index (χ1) is 7.54. The minimum Gasteiger partial charge on any atom is -0.508 e. The van der Waals surface area contributed by atoms with Crippen LogP contribution < -0.4 is 5.73 Å². The number of carboxylic acids is 1. The van der Waals surface area contributed by atoms with Crippen molar-refractivity contribution >= 4 is 12.3 Å². The lowest BCUT2D eigenvalue weighted by Gasteiger charge is -2.10. The fourth-order valence-corrected chi connectivity index (χ4v) is 1.38. The van der Waals surface area contributed by atoms with E-state index >= 15 is 0 Å². The monoisotopic (exact) mass is 222 g/mol. The molecule has 1 aromatic rings. The third kappa shape index (κ3) is 3.06. The quantitative estimate of drug-likeness (QED) is 0.651. The van der Waals surface area contributed by atoms with Crippen LogP contribution in [0.2, 0.25) is 0 Å². The van der Waals surface area contributed by atoms with Gasteiger partial charge in [-0.15, -0.1) is 0 Å². The van der Waals surface area contributed by atoms with Crippen LogP contribution in [0.5, 0.6) is 5.75 Å². The summed E-state index contributed by atoms with van der Waals surface area (Å²) in [6, 6.07) is 3.38. The number of benzene rings is 1. The summed E-state index contributed by atoms with van der Waals surface area (Å²) in [6.07, 6.45) is 1.83. The van der Waals surface area contributed by atoms with Crippen molar-refractivity contribution in [3.63, 3.8) is 0 Å². The maximum atomic E-state index is 10.6. The second-order valence-corrected chi connectivity index (χ2v) is 3.42. The molecule has 4 N–H and O–H groups in total. The zero-order valence-corrected chi connectivity index (χ0v) is 8.51. The second kappa shape index (κ2) is 5.27. The van der Waals surface area contributed by atoms with Crippen LogP contribution in [0.1, 0.15) is 11.1 Å². The number of nitrogens with two attached hydrogens (primary N) is 1. The van der Waals surface area contributed by atoms with Gasteiger partial charge < -0.3 is 15.9 Å². The van der Waals surface area contributed by atoms with Gasteiger partial charge in [-0.05, 0) is 29.7 Å². The van der Waals surface area contributed by atoms with Crippen molar-refractivity contribution in [3.8, 4) is 5.75 Å². The molecule has 0 aliphatic carbocycles. The van der Waals surface area contributed by atoms with Gasteiger partial charge in [0.15, 0.2) is 0 Å². The Balaban J connectivity index is 2.93. The molecule has 0 aliphatic rings. The average molecular weight is 222 g/mol. The topological polar surface area (TPSA) is 101 Å². The zero-order chi connectivity index (χ0) is 12.1. The van der Waals surface area contributed by atoms with Gasteiger partial charge in [0.25, 0.3) is 0 Å². The molecule has 5 nitrogen and oxygen atoms in total. The number of hydrogen-bond donors (Lipinski definition) is 3. The first kappa shape index (κ1) is 12.2. The molecule has 0 aromatic heterocycles. The lowest BCUT2D eigenvalue weighted by molar-refractivity contribution is -0.138. The highest BCUT2D eigenvalue weighted by molar-refractivity contribution is 5.73. The molecule has 0 spiro atoms. The minimum absolute atomic E-state index is 0.00999. The number of phenolic OH excluding ortho intramolecular Hbond substituents is 1. The summed E-state index contributed by atoms with van der Waals surface area (Å²) >= 11 is 0. The highest BCUT2D eigenvalue weighted by Gasteiger charge is 2.14. The summed E-state index contributed by atoms with van der Waals surface area (Å²) in [6.45, 7) is 0. The van der Waals surface area contributed by atoms with Crippen molar-refractivity contribution < 1.29 is 19.8 Å². The molecule has 0 saturated carbocycles. The van der Waals surface area contributed by atoms with Crippen LogP contribution in [0.3, 0.4) is 0 Å². The second-order valence-electron chi connectivity index (χ2n) is 3.42. The molecule has 0 heterocycles. The molecule has 1 atom stereocenters. The van der Waals surface area contributed by atoms with Crippen molar-refractivity contribution in [3.05, 3.63) is 29.3 Å². The Hall–Kier alpha value is -1.88. The van der Waals surface area contributed by atoms with E-state index in [9.17, 15) is 14.7 Å².